The molecule has 0 bridgehead atoms. The van der Waals surface area contributed by atoms with Gasteiger partial charge >= 0.3 is 0 Å². The lowest BCUT2D eigenvalue weighted by molar-refractivity contribution is -0.292. The van der Waals surface area contributed by atoms with Crippen LogP contribution in [0.15, 0.2) is 0 Å². The highest BCUT2D eigenvalue weighted by atomic mass is 16.7. The first kappa shape index (κ1) is 16.3. The quantitative estimate of drug-likeness (QED) is 0.633. The Morgan fingerprint density at radius 2 is 1.65 bits per heavy atom. The molecule has 2 nitrogen and oxygen atoms in total. The van der Waals surface area contributed by atoms with Crippen molar-refractivity contribution in [3.8, 4) is 0 Å². The molecular formula is C18H33O2. The van der Waals surface area contributed by atoms with Crippen LogP contribution in [0, 0.1) is 12.3 Å². The van der Waals surface area contributed by atoms with Crippen LogP contribution in [0.2, 0.25) is 0 Å². The fourth-order valence-electron chi connectivity index (χ4n) is 3.66. The summed E-state index contributed by atoms with van der Waals surface area (Å²) >= 11 is 0. The van der Waals surface area contributed by atoms with E-state index in [4.69, 9.17) is 9.47 Å². The van der Waals surface area contributed by atoms with E-state index in [1.54, 1.807) is 0 Å². The molecule has 2 aliphatic rings. The Kier molecular flexibility index (Phi) is 6.83. The molecule has 1 atom stereocenters. The van der Waals surface area contributed by atoms with Gasteiger partial charge in [0.1, 0.15) is 0 Å². The van der Waals surface area contributed by atoms with Crippen molar-refractivity contribution in [3.63, 3.8) is 0 Å². The molecule has 2 rings (SSSR count). The normalized spacial score (nSPS) is 27.6. The molecule has 1 heterocycles. The molecule has 117 valence electrons. The molecule has 0 aromatic rings. The minimum Gasteiger partial charge on any atom is -0.350 e. The highest BCUT2D eigenvalue weighted by Gasteiger charge is 2.40. The van der Waals surface area contributed by atoms with E-state index in [0.717, 1.165) is 25.4 Å². The third-order valence-electron chi connectivity index (χ3n) is 4.96. The highest BCUT2D eigenvalue weighted by molar-refractivity contribution is 4.91. The molecule has 2 heteroatoms. The van der Waals surface area contributed by atoms with Crippen LogP contribution in [0.25, 0.3) is 0 Å². The van der Waals surface area contributed by atoms with Crippen molar-refractivity contribution in [1.82, 2.24) is 0 Å². The van der Waals surface area contributed by atoms with E-state index in [1.807, 2.05) is 0 Å². The summed E-state index contributed by atoms with van der Waals surface area (Å²) in [5, 5.41) is 0. The second-order valence-electron chi connectivity index (χ2n) is 6.65. The van der Waals surface area contributed by atoms with E-state index in [9.17, 15) is 0 Å². The molecule has 2 fully saturated rings. The average Bonchev–Trinajstić information content (AvgIpc) is 2.52. The summed E-state index contributed by atoms with van der Waals surface area (Å²) < 4.78 is 12.7. The molecule has 20 heavy (non-hydrogen) atoms. The van der Waals surface area contributed by atoms with E-state index in [2.05, 4.69) is 20.3 Å². The molecule has 1 saturated carbocycles. The maximum atomic E-state index is 6.54. The minimum absolute atomic E-state index is 0.275. The highest BCUT2D eigenvalue weighted by Crippen LogP contribution is 2.38. The number of unbranched alkanes of at least 4 members (excludes halogenated alkanes) is 2. The van der Waals surface area contributed by atoms with Crippen molar-refractivity contribution in [3.05, 3.63) is 6.42 Å². The first-order chi connectivity index (χ1) is 9.79. The van der Waals surface area contributed by atoms with Gasteiger partial charge in [0.2, 0.25) is 0 Å². The first-order valence-electron chi connectivity index (χ1n) is 8.95. The molecule has 1 unspecified atom stereocenters. The van der Waals surface area contributed by atoms with Gasteiger partial charge in [0.05, 0.1) is 12.7 Å². The molecule has 1 aliphatic carbocycles. The lowest BCUT2D eigenvalue weighted by Crippen LogP contribution is -2.47. The zero-order valence-corrected chi connectivity index (χ0v) is 13.5. The molecule has 1 saturated heterocycles. The van der Waals surface area contributed by atoms with Gasteiger partial charge in [-0.2, -0.15) is 0 Å². The Hall–Kier alpha value is -0.0800. The van der Waals surface area contributed by atoms with Crippen LogP contribution in [0.4, 0.5) is 0 Å². The van der Waals surface area contributed by atoms with E-state index in [-0.39, 0.29) is 5.79 Å². The van der Waals surface area contributed by atoms with E-state index in [0.29, 0.717) is 6.10 Å². The molecule has 0 amide bonds. The van der Waals surface area contributed by atoms with Gasteiger partial charge in [-0.3, -0.25) is 0 Å². The number of hydrogen-bond acceptors (Lipinski definition) is 2. The predicted molar refractivity (Wildman–Crippen MR) is 83.5 cm³/mol. The lowest BCUT2D eigenvalue weighted by atomic mass is 9.83. The maximum Gasteiger partial charge on any atom is 0.168 e. The fraction of sp³-hybridized carbons (Fsp3) is 0.944. The summed E-state index contributed by atoms with van der Waals surface area (Å²) in [5.74, 6) is 0.471. The van der Waals surface area contributed by atoms with Gasteiger partial charge in [0, 0.05) is 19.3 Å². The van der Waals surface area contributed by atoms with E-state index in [1.165, 1.54) is 57.8 Å². The van der Waals surface area contributed by atoms with Crippen LogP contribution < -0.4 is 0 Å². The maximum absolute atomic E-state index is 6.54. The molecular weight excluding hydrogens is 248 g/mol. The third kappa shape index (κ3) is 4.46. The van der Waals surface area contributed by atoms with Gasteiger partial charge in [0.15, 0.2) is 5.79 Å². The van der Waals surface area contributed by atoms with Gasteiger partial charge in [-0.15, -0.1) is 0 Å². The van der Waals surface area contributed by atoms with Crippen LogP contribution in [0.5, 0.6) is 0 Å². The molecule has 0 N–H and O–H groups in total. The number of hydrogen-bond donors (Lipinski definition) is 0. The zero-order chi connectivity index (χ0) is 14.3. The van der Waals surface area contributed by atoms with Gasteiger partial charge in [-0.05, 0) is 31.6 Å². The van der Waals surface area contributed by atoms with E-state index >= 15 is 0 Å². The fourth-order valence-corrected chi connectivity index (χ4v) is 3.66. The second-order valence-corrected chi connectivity index (χ2v) is 6.65. The van der Waals surface area contributed by atoms with Crippen molar-refractivity contribution < 1.29 is 9.47 Å². The molecule has 0 aromatic carbocycles. The molecule has 1 radical (unpaired) electrons. The predicted octanol–water partition coefficient (Wildman–Crippen LogP) is 5.26. The zero-order valence-electron chi connectivity index (χ0n) is 13.5. The Balaban J connectivity index is 1.95. The SMILES string of the molecule is CCCCC1(CCCC)OC[CH]C(C2CCCCC2)O1. The molecule has 1 aliphatic heterocycles. The van der Waals surface area contributed by atoms with Crippen LogP contribution >= 0.6 is 0 Å². The Morgan fingerprint density at radius 1 is 1.00 bits per heavy atom. The minimum atomic E-state index is -0.275. The Morgan fingerprint density at radius 3 is 2.25 bits per heavy atom. The van der Waals surface area contributed by atoms with Crippen molar-refractivity contribution >= 4 is 0 Å². The van der Waals surface area contributed by atoms with Crippen molar-refractivity contribution in [2.75, 3.05) is 6.61 Å². The second kappa shape index (κ2) is 8.38. The summed E-state index contributed by atoms with van der Waals surface area (Å²) in [6.07, 6.45) is 16.5. The van der Waals surface area contributed by atoms with Gasteiger partial charge in [0.25, 0.3) is 0 Å². The summed E-state index contributed by atoms with van der Waals surface area (Å²) in [4.78, 5) is 0. The van der Waals surface area contributed by atoms with Crippen LogP contribution in [-0.2, 0) is 9.47 Å². The average molecular weight is 281 g/mol. The monoisotopic (exact) mass is 281 g/mol. The van der Waals surface area contributed by atoms with Crippen LogP contribution in [-0.4, -0.2) is 18.5 Å². The Bertz CT molecular complexity index is 250. The molecule has 0 aromatic heterocycles. The van der Waals surface area contributed by atoms with Gasteiger partial charge in [-0.25, -0.2) is 0 Å². The third-order valence-corrected chi connectivity index (χ3v) is 4.96. The largest absolute Gasteiger partial charge is 0.350 e. The first-order valence-corrected chi connectivity index (χ1v) is 8.95. The van der Waals surface area contributed by atoms with Crippen molar-refractivity contribution in [2.45, 2.75) is 96.4 Å². The standard InChI is InChI=1S/C18H33O2/c1-3-5-13-18(14-6-4-2)19-15-12-17(20-18)16-10-8-7-9-11-16/h12,16-17H,3-11,13-15H2,1-2H3. The van der Waals surface area contributed by atoms with Gasteiger partial charge < -0.3 is 9.47 Å². The smallest absolute Gasteiger partial charge is 0.168 e. The summed E-state index contributed by atoms with van der Waals surface area (Å²) in [5.41, 5.74) is 0. The van der Waals surface area contributed by atoms with E-state index < -0.39 is 0 Å². The van der Waals surface area contributed by atoms with Crippen molar-refractivity contribution in [1.29, 1.82) is 0 Å². The van der Waals surface area contributed by atoms with Gasteiger partial charge in [-0.1, -0.05) is 46.0 Å². The van der Waals surface area contributed by atoms with Crippen LogP contribution in [0.3, 0.4) is 0 Å². The molecule has 0 spiro atoms. The summed E-state index contributed by atoms with van der Waals surface area (Å²) in [7, 11) is 0. The van der Waals surface area contributed by atoms with Crippen LogP contribution in [0.1, 0.15) is 84.5 Å². The number of ether oxygens (including phenoxy) is 2. The van der Waals surface area contributed by atoms with Crippen molar-refractivity contribution in [2.24, 2.45) is 5.92 Å². The number of rotatable bonds is 7. The summed E-state index contributed by atoms with van der Waals surface area (Å²) in [6.45, 7) is 5.29. The Labute approximate surface area is 125 Å². The lowest BCUT2D eigenvalue weighted by Gasteiger charge is -2.44. The summed E-state index contributed by atoms with van der Waals surface area (Å²) in [6, 6.07) is 0. The topological polar surface area (TPSA) is 18.5 Å².